The van der Waals surface area contributed by atoms with Gasteiger partial charge in [0.05, 0.1) is 0 Å². The lowest BCUT2D eigenvalue weighted by molar-refractivity contribution is 0.0756. The minimum Gasteiger partial charge on any atom is -0.338 e. The number of pyridine rings is 1. The highest BCUT2D eigenvalue weighted by Crippen LogP contribution is 2.27. The maximum Gasteiger partial charge on any atom is 0.270 e. The van der Waals surface area contributed by atoms with E-state index in [0.29, 0.717) is 17.5 Å². The molecule has 0 spiro atoms. The van der Waals surface area contributed by atoms with Crippen molar-refractivity contribution in [3.8, 4) is 0 Å². The van der Waals surface area contributed by atoms with Crippen LogP contribution in [-0.2, 0) is 0 Å². The number of aromatic nitrogens is 2. The normalized spacial score (nSPS) is 23.0. The molecule has 0 aliphatic carbocycles. The average Bonchev–Trinajstić information content (AvgIpc) is 2.93. The number of aryl methyl sites for hydroxylation is 1. The molecule has 2 aromatic rings. The van der Waals surface area contributed by atoms with Crippen LogP contribution in [0.4, 0.5) is 0 Å². The van der Waals surface area contributed by atoms with Gasteiger partial charge in [-0.25, -0.2) is 4.98 Å². The molecule has 6 nitrogen and oxygen atoms in total. The van der Waals surface area contributed by atoms with Crippen LogP contribution in [-0.4, -0.2) is 46.4 Å². The van der Waals surface area contributed by atoms with Crippen molar-refractivity contribution in [3.05, 3.63) is 46.0 Å². The number of amides is 1. The fourth-order valence-electron chi connectivity index (χ4n) is 3.91. The molecule has 2 aliphatic heterocycles. The number of carbonyl (C=O) groups is 1. The Hall–Kier alpha value is -1.92. The van der Waals surface area contributed by atoms with Crippen molar-refractivity contribution < 1.29 is 4.79 Å². The largest absolute Gasteiger partial charge is 0.338 e. The van der Waals surface area contributed by atoms with Crippen LogP contribution in [0.25, 0.3) is 5.65 Å². The Morgan fingerprint density at radius 2 is 1.92 bits per heavy atom. The van der Waals surface area contributed by atoms with Gasteiger partial charge in [0.1, 0.15) is 11.2 Å². The Balaban J connectivity index is 0.00000182. The summed E-state index contributed by atoms with van der Waals surface area (Å²) < 4.78 is 1.46. The number of rotatable bonds is 1. The summed E-state index contributed by atoms with van der Waals surface area (Å²) in [4.78, 5) is 31.7. The quantitative estimate of drug-likeness (QED) is 0.834. The molecule has 2 saturated heterocycles. The molecule has 2 fully saturated rings. The summed E-state index contributed by atoms with van der Waals surface area (Å²) in [6, 6.07) is 3.69. The van der Waals surface area contributed by atoms with E-state index in [1.807, 2.05) is 24.0 Å². The second-order valence-electron chi connectivity index (χ2n) is 6.96. The van der Waals surface area contributed by atoms with E-state index in [1.165, 1.54) is 10.6 Å². The molecule has 134 valence electrons. The average molecular weight is 363 g/mol. The first kappa shape index (κ1) is 17.9. The molecular weight excluding hydrogens is 340 g/mol. The third kappa shape index (κ3) is 3.28. The van der Waals surface area contributed by atoms with Gasteiger partial charge in [-0.05, 0) is 62.4 Å². The first-order valence-corrected chi connectivity index (χ1v) is 8.61. The fraction of sp³-hybridized carbons (Fsp3) is 0.500. The predicted octanol–water partition coefficient (Wildman–Crippen LogP) is 1.50. The molecule has 1 N–H and O–H groups in total. The molecule has 0 bridgehead atoms. The summed E-state index contributed by atoms with van der Waals surface area (Å²) in [7, 11) is 0. The van der Waals surface area contributed by atoms with Crippen LogP contribution in [0.5, 0.6) is 0 Å². The number of likely N-dealkylation sites (tertiary alicyclic amines) is 1. The summed E-state index contributed by atoms with van der Waals surface area (Å²) in [5.74, 6) is 1.12. The van der Waals surface area contributed by atoms with Gasteiger partial charge in [0, 0.05) is 25.5 Å². The molecule has 0 radical (unpaired) electrons. The van der Waals surface area contributed by atoms with Gasteiger partial charge in [0.2, 0.25) is 0 Å². The highest BCUT2D eigenvalue weighted by Gasteiger charge is 2.32. The van der Waals surface area contributed by atoms with Crippen LogP contribution >= 0.6 is 12.4 Å². The lowest BCUT2D eigenvalue weighted by Gasteiger charge is -2.20. The fourth-order valence-corrected chi connectivity index (χ4v) is 3.91. The SMILES string of the molecule is Cc1ccn2c(=O)c(C(=O)N3CC[C@@H]4CNC[C@@H]4CC3)cnc2c1.Cl. The number of nitrogens with one attached hydrogen (secondary N) is 1. The van der Waals surface area contributed by atoms with Gasteiger partial charge in [-0.1, -0.05) is 0 Å². The number of nitrogens with zero attached hydrogens (tertiary/aromatic N) is 3. The van der Waals surface area contributed by atoms with Crippen LogP contribution in [0.15, 0.2) is 29.3 Å². The van der Waals surface area contributed by atoms with Gasteiger partial charge in [-0.2, -0.15) is 0 Å². The minimum absolute atomic E-state index is 0. The molecule has 7 heteroatoms. The van der Waals surface area contributed by atoms with Crippen molar-refractivity contribution in [1.29, 1.82) is 0 Å². The Kier molecular flexibility index (Phi) is 5.11. The topological polar surface area (TPSA) is 66.7 Å². The maximum atomic E-state index is 12.9. The van der Waals surface area contributed by atoms with Crippen molar-refractivity contribution in [2.24, 2.45) is 11.8 Å². The zero-order valence-corrected chi connectivity index (χ0v) is 15.1. The predicted molar refractivity (Wildman–Crippen MR) is 98.4 cm³/mol. The van der Waals surface area contributed by atoms with Crippen LogP contribution in [0.2, 0.25) is 0 Å². The van der Waals surface area contributed by atoms with Gasteiger partial charge in [-0.3, -0.25) is 14.0 Å². The number of hydrogen-bond donors (Lipinski definition) is 1. The van der Waals surface area contributed by atoms with Gasteiger partial charge in [0.15, 0.2) is 0 Å². The molecule has 0 unspecified atom stereocenters. The zero-order chi connectivity index (χ0) is 16.7. The first-order valence-electron chi connectivity index (χ1n) is 8.61. The molecule has 25 heavy (non-hydrogen) atoms. The third-order valence-corrected chi connectivity index (χ3v) is 5.40. The van der Waals surface area contributed by atoms with E-state index in [9.17, 15) is 9.59 Å². The lowest BCUT2D eigenvalue weighted by Crippen LogP contribution is -2.37. The van der Waals surface area contributed by atoms with Crippen LogP contribution in [0.1, 0.15) is 28.8 Å². The second kappa shape index (κ2) is 7.14. The van der Waals surface area contributed by atoms with E-state index in [0.717, 1.165) is 44.6 Å². The Morgan fingerprint density at radius 1 is 1.24 bits per heavy atom. The lowest BCUT2D eigenvalue weighted by atomic mass is 9.92. The van der Waals surface area contributed by atoms with Gasteiger partial charge >= 0.3 is 0 Å². The summed E-state index contributed by atoms with van der Waals surface area (Å²) in [6.07, 6.45) is 5.14. The Bertz CT molecular complexity index is 837. The molecule has 0 saturated carbocycles. The maximum absolute atomic E-state index is 12.9. The Labute approximate surface area is 152 Å². The second-order valence-corrected chi connectivity index (χ2v) is 6.96. The Morgan fingerprint density at radius 3 is 2.60 bits per heavy atom. The molecule has 4 rings (SSSR count). The van der Waals surface area contributed by atoms with E-state index in [2.05, 4.69) is 10.3 Å². The number of carbonyl (C=O) groups excluding carboxylic acids is 1. The van der Waals surface area contributed by atoms with E-state index in [4.69, 9.17) is 0 Å². The highest BCUT2D eigenvalue weighted by atomic mass is 35.5. The van der Waals surface area contributed by atoms with E-state index in [-0.39, 0.29) is 29.4 Å². The first-order chi connectivity index (χ1) is 11.6. The summed E-state index contributed by atoms with van der Waals surface area (Å²) in [5, 5.41) is 3.43. The highest BCUT2D eigenvalue weighted by molar-refractivity contribution is 5.93. The van der Waals surface area contributed by atoms with Gasteiger partial charge < -0.3 is 10.2 Å². The van der Waals surface area contributed by atoms with Crippen molar-refractivity contribution >= 4 is 24.0 Å². The van der Waals surface area contributed by atoms with Gasteiger partial charge in [-0.15, -0.1) is 12.4 Å². The standard InChI is InChI=1S/C18H22N4O2.ClH/c1-12-2-7-22-16(8-12)20-11-15(18(22)24)17(23)21-5-3-13-9-19-10-14(13)4-6-21;/h2,7-8,11,13-14,19H,3-6,9-10H2,1H3;1H/t13-,14+;. The molecule has 1 amide bonds. The van der Waals surface area contributed by atoms with E-state index < -0.39 is 0 Å². The number of fused-ring (bicyclic) bond motifs is 2. The minimum atomic E-state index is -0.281. The number of hydrogen-bond acceptors (Lipinski definition) is 4. The molecule has 2 atom stereocenters. The third-order valence-electron chi connectivity index (χ3n) is 5.40. The van der Waals surface area contributed by atoms with Crippen molar-refractivity contribution in [2.75, 3.05) is 26.2 Å². The van der Waals surface area contributed by atoms with Crippen molar-refractivity contribution in [2.45, 2.75) is 19.8 Å². The van der Waals surface area contributed by atoms with Crippen LogP contribution < -0.4 is 10.9 Å². The summed E-state index contributed by atoms with van der Waals surface area (Å²) in [5.41, 5.74) is 1.50. The van der Waals surface area contributed by atoms with Crippen molar-refractivity contribution in [3.63, 3.8) is 0 Å². The monoisotopic (exact) mass is 362 g/mol. The summed E-state index contributed by atoms with van der Waals surface area (Å²) >= 11 is 0. The smallest absolute Gasteiger partial charge is 0.270 e. The van der Waals surface area contributed by atoms with E-state index in [1.54, 1.807) is 6.20 Å². The van der Waals surface area contributed by atoms with Crippen molar-refractivity contribution in [1.82, 2.24) is 19.6 Å². The molecular formula is C18H23ClN4O2. The zero-order valence-electron chi connectivity index (χ0n) is 14.3. The van der Waals surface area contributed by atoms with Crippen LogP contribution in [0.3, 0.4) is 0 Å². The van der Waals surface area contributed by atoms with Crippen LogP contribution in [0, 0.1) is 18.8 Å². The molecule has 2 aromatic heterocycles. The van der Waals surface area contributed by atoms with E-state index >= 15 is 0 Å². The summed E-state index contributed by atoms with van der Waals surface area (Å²) in [6.45, 7) is 5.49. The molecule has 2 aliphatic rings. The molecule has 0 aromatic carbocycles. The number of halogens is 1. The van der Waals surface area contributed by atoms with Gasteiger partial charge in [0.25, 0.3) is 11.5 Å². The molecule has 4 heterocycles.